The molecule has 8 heteroatoms. The first-order valence-electron chi connectivity index (χ1n) is 9.52. The summed E-state index contributed by atoms with van der Waals surface area (Å²) in [5.74, 6) is -0.255. The maximum Gasteiger partial charge on any atom is 0.267 e. The zero-order valence-electron chi connectivity index (χ0n) is 16.2. The third-order valence-electron chi connectivity index (χ3n) is 4.87. The second kappa shape index (κ2) is 8.51. The molecule has 152 valence electrons. The zero-order valence-corrected chi connectivity index (χ0v) is 17.0. The lowest BCUT2D eigenvalue weighted by Crippen LogP contribution is -2.36. The lowest BCUT2D eigenvalue weighted by atomic mass is 10.1. The van der Waals surface area contributed by atoms with Crippen LogP contribution in [0.5, 0.6) is 0 Å². The molecule has 0 aliphatic rings. The van der Waals surface area contributed by atoms with E-state index in [2.05, 4.69) is 15.5 Å². The first-order valence-corrected chi connectivity index (χ1v) is 9.90. The molecule has 0 spiro atoms. The fourth-order valence-electron chi connectivity index (χ4n) is 3.30. The van der Waals surface area contributed by atoms with Crippen molar-refractivity contribution in [1.29, 1.82) is 0 Å². The predicted molar refractivity (Wildman–Crippen MR) is 114 cm³/mol. The monoisotopic (exact) mass is 422 g/mol. The first-order chi connectivity index (χ1) is 14.6. The Balaban J connectivity index is 1.68. The number of carbonyl (C=O) groups is 1. The SMILES string of the molecule is CC[C@H](C(=O)NCc1ccccc1)n1cnc2onc(-c3ccc(Cl)cc3)c2c1=O. The number of amides is 1. The smallest absolute Gasteiger partial charge is 0.267 e. The van der Waals surface area contributed by atoms with Crippen LogP contribution in [0.3, 0.4) is 0 Å². The van der Waals surface area contributed by atoms with Crippen LogP contribution < -0.4 is 10.9 Å². The molecule has 2 aromatic heterocycles. The van der Waals surface area contributed by atoms with Crippen LogP contribution in [0.2, 0.25) is 5.02 Å². The van der Waals surface area contributed by atoms with E-state index in [0.717, 1.165) is 5.56 Å². The molecule has 1 amide bonds. The average Bonchev–Trinajstić information content (AvgIpc) is 3.20. The number of halogens is 1. The van der Waals surface area contributed by atoms with Crippen molar-refractivity contribution in [2.24, 2.45) is 0 Å². The molecule has 0 radical (unpaired) electrons. The third kappa shape index (κ3) is 3.84. The van der Waals surface area contributed by atoms with Gasteiger partial charge >= 0.3 is 0 Å². The van der Waals surface area contributed by atoms with Crippen molar-refractivity contribution >= 4 is 28.6 Å². The summed E-state index contributed by atoms with van der Waals surface area (Å²) in [7, 11) is 0. The molecule has 2 heterocycles. The molecule has 1 atom stereocenters. The van der Waals surface area contributed by atoms with Gasteiger partial charge in [-0.15, -0.1) is 0 Å². The standard InChI is InChI=1S/C22H19ClN4O3/c1-2-17(20(28)24-12-14-6-4-3-5-7-14)27-13-25-21-18(22(27)29)19(26-30-21)15-8-10-16(23)11-9-15/h3-11,13,17H,2,12H2,1H3,(H,24,28)/t17-/m1/s1. The Morgan fingerprint density at radius 2 is 1.90 bits per heavy atom. The van der Waals surface area contributed by atoms with E-state index in [4.69, 9.17) is 16.1 Å². The minimum absolute atomic E-state index is 0.126. The number of hydrogen-bond donors (Lipinski definition) is 1. The number of fused-ring (bicyclic) bond motifs is 1. The van der Waals surface area contributed by atoms with Gasteiger partial charge in [0.05, 0.1) is 0 Å². The molecule has 4 aromatic rings. The van der Waals surface area contributed by atoms with Gasteiger partial charge in [0.1, 0.15) is 23.4 Å². The summed E-state index contributed by atoms with van der Waals surface area (Å²) in [5.41, 5.74) is 1.77. The highest BCUT2D eigenvalue weighted by atomic mass is 35.5. The zero-order chi connectivity index (χ0) is 21.1. The van der Waals surface area contributed by atoms with E-state index >= 15 is 0 Å². The summed E-state index contributed by atoms with van der Waals surface area (Å²) in [4.78, 5) is 30.3. The second-order valence-electron chi connectivity index (χ2n) is 6.80. The first kappa shape index (κ1) is 19.8. The van der Waals surface area contributed by atoms with Gasteiger partial charge in [-0.2, -0.15) is 0 Å². The van der Waals surface area contributed by atoms with Gasteiger partial charge in [-0.3, -0.25) is 14.2 Å². The lowest BCUT2D eigenvalue weighted by molar-refractivity contribution is -0.124. The molecule has 0 unspecified atom stereocenters. The van der Waals surface area contributed by atoms with Gasteiger partial charge in [-0.05, 0) is 24.1 Å². The number of rotatable bonds is 6. The van der Waals surface area contributed by atoms with E-state index in [9.17, 15) is 9.59 Å². The predicted octanol–water partition coefficient (Wildman–Crippen LogP) is 3.97. The lowest BCUT2D eigenvalue weighted by Gasteiger charge is -2.17. The molecule has 1 N–H and O–H groups in total. The van der Waals surface area contributed by atoms with Crippen LogP contribution in [0, 0.1) is 0 Å². The minimum atomic E-state index is -0.703. The summed E-state index contributed by atoms with van der Waals surface area (Å²) in [6.45, 7) is 2.22. The van der Waals surface area contributed by atoms with Gasteiger partial charge in [-0.1, -0.05) is 66.1 Å². The Morgan fingerprint density at radius 3 is 2.60 bits per heavy atom. The van der Waals surface area contributed by atoms with E-state index in [1.165, 1.54) is 10.9 Å². The summed E-state index contributed by atoms with van der Waals surface area (Å²) >= 11 is 5.95. The van der Waals surface area contributed by atoms with Crippen LogP contribution in [0.25, 0.3) is 22.4 Å². The van der Waals surface area contributed by atoms with E-state index in [1.807, 2.05) is 37.3 Å². The summed E-state index contributed by atoms with van der Waals surface area (Å²) < 4.78 is 6.57. The highest BCUT2D eigenvalue weighted by Gasteiger charge is 2.24. The number of nitrogens with zero attached hydrogens (tertiary/aromatic N) is 3. The Morgan fingerprint density at radius 1 is 1.17 bits per heavy atom. The molecule has 0 aliphatic carbocycles. The van der Waals surface area contributed by atoms with Gasteiger partial charge in [-0.25, -0.2) is 4.98 Å². The molecule has 7 nitrogen and oxygen atoms in total. The number of carbonyl (C=O) groups excluding carboxylic acids is 1. The number of nitrogens with one attached hydrogen (secondary N) is 1. The summed E-state index contributed by atoms with van der Waals surface area (Å²) in [6, 6.07) is 15.8. The molecule has 0 aliphatic heterocycles. The van der Waals surface area contributed by atoms with Crippen LogP contribution in [-0.4, -0.2) is 20.6 Å². The fourth-order valence-corrected chi connectivity index (χ4v) is 3.42. The van der Waals surface area contributed by atoms with Crippen LogP contribution >= 0.6 is 11.6 Å². The largest absolute Gasteiger partial charge is 0.350 e. The maximum atomic E-state index is 13.2. The van der Waals surface area contributed by atoms with E-state index < -0.39 is 6.04 Å². The number of benzene rings is 2. The van der Waals surface area contributed by atoms with Crippen LogP contribution in [0.15, 0.2) is 70.2 Å². The Kier molecular flexibility index (Phi) is 5.63. The molecule has 0 fully saturated rings. The second-order valence-corrected chi connectivity index (χ2v) is 7.24. The fraction of sp³-hybridized carbons (Fsp3) is 0.182. The normalized spacial score (nSPS) is 12.1. The molecule has 4 rings (SSSR count). The van der Waals surface area contributed by atoms with Crippen molar-refractivity contribution in [3.8, 4) is 11.3 Å². The molecular formula is C22H19ClN4O3. The van der Waals surface area contributed by atoms with Crippen molar-refractivity contribution in [2.75, 3.05) is 0 Å². The van der Waals surface area contributed by atoms with E-state index in [1.54, 1.807) is 24.3 Å². The van der Waals surface area contributed by atoms with Gasteiger partial charge in [0.25, 0.3) is 11.3 Å². The average molecular weight is 423 g/mol. The number of aromatic nitrogens is 3. The Labute approximate surface area is 177 Å². The van der Waals surface area contributed by atoms with E-state index in [0.29, 0.717) is 29.2 Å². The van der Waals surface area contributed by atoms with E-state index in [-0.39, 0.29) is 22.6 Å². The number of hydrogen-bond acceptors (Lipinski definition) is 5. The van der Waals surface area contributed by atoms with Crippen molar-refractivity contribution < 1.29 is 9.32 Å². The molecule has 0 saturated carbocycles. The van der Waals surface area contributed by atoms with Gasteiger partial charge in [0.15, 0.2) is 0 Å². The molecule has 0 saturated heterocycles. The maximum absolute atomic E-state index is 13.2. The third-order valence-corrected chi connectivity index (χ3v) is 5.13. The van der Waals surface area contributed by atoms with Gasteiger partial charge < -0.3 is 9.84 Å². The summed E-state index contributed by atoms with van der Waals surface area (Å²) in [5, 5.41) is 7.70. The van der Waals surface area contributed by atoms with Crippen molar-refractivity contribution in [2.45, 2.75) is 25.9 Å². The van der Waals surface area contributed by atoms with Gasteiger partial charge in [0, 0.05) is 17.1 Å². The Hall–Kier alpha value is -3.45. The highest BCUT2D eigenvalue weighted by molar-refractivity contribution is 6.30. The van der Waals surface area contributed by atoms with Crippen LogP contribution in [-0.2, 0) is 11.3 Å². The van der Waals surface area contributed by atoms with Crippen molar-refractivity contribution in [3.63, 3.8) is 0 Å². The molecule has 2 aromatic carbocycles. The Bertz CT molecular complexity index is 1230. The minimum Gasteiger partial charge on any atom is -0.350 e. The van der Waals surface area contributed by atoms with Gasteiger partial charge in [0.2, 0.25) is 5.91 Å². The topological polar surface area (TPSA) is 90.0 Å². The van der Waals surface area contributed by atoms with Crippen molar-refractivity contribution in [3.05, 3.63) is 81.9 Å². The quantitative estimate of drug-likeness (QED) is 0.507. The molecular weight excluding hydrogens is 404 g/mol. The highest BCUT2D eigenvalue weighted by Crippen LogP contribution is 2.26. The molecule has 0 bridgehead atoms. The molecule has 30 heavy (non-hydrogen) atoms. The van der Waals surface area contributed by atoms with Crippen molar-refractivity contribution in [1.82, 2.24) is 20.0 Å². The van der Waals surface area contributed by atoms with Crippen LogP contribution in [0.4, 0.5) is 0 Å². The summed E-state index contributed by atoms with van der Waals surface area (Å²) in [6.07, 6.45) is 1.76. The van der Waals surface area contributed by atoms with Crippen LogP contribution in [0.1, 0.15) is 24.9 Å².